The normalized spacial score (nSPS) is 12.3. The van der Waals surface area contributed by atoms with Gasteiger partial charge in [0.05, 0.1) is 0 Å². The molecule has 3 aromatic carbocycles. The zero-order chi connectivity index (χ0) is 32.1. The number of carbonyl (C=O) groups is 3. The molecule has 2 unspecified atom stereocenters. The van der Waals surface area contributed by atoms with Gasteiger partial charge in [-0.05, 0) is 62.1 Å². The number of nitrogens with zero attached hydrogens (tertiary/aromatic N) is 1. The molecule has 0 saturated carbocycles. The van der Waals surface area contributed by atoms with Crippen LogP contribution in [0.3, 0.4) is 0 Å². The van der Waals surface area contributed by atoms with E-state index in [-0.39, 0.29) is 31.2 Å². The van der Waals surface area contributed by atoms with Gasteiger partial charge in [-0.2, -0.15) is 0 Å². The fourth-order valence-electron chi connectivity index (χ4n) is 4.82. The number of aromatic hydroxyl groups is 1. The highest BCUT2D eigenvalue weighted by Gasteiger charge is 2.37. The average Bonchev–Trinajstić information content (AvgIpc) is 2.99. The Bertz CT molecular complexity index is 1420. The third-order valence-corrected chi connectivity index (χ3v) is 6.93. The second kappa shape index (κ2) is 16.2. The SMILES string of the molecule is C#Cc1ccccc1C(C(=O)NCc1ccccc1)N(CCCCC)C(=O)C(Cc1ccc(O)cc1)NC(=O)OC(C)(C)C. The predicted molar refractivity (Wildman–Crippen MR) is 172 cm³/mol. The van der Waals surface area contributed by atoms with E-state index in [1.807, 2.05) is 30.3 Å². The fourth-order valence-corrected chi connectivity index (χ4v) is 4.82. The van der Waals surface area contributed by atoms with Crippen molar-refractivity contribution in [1.82, 2.24) is 15.5 Å². The van der Waals surface area contributed by atoms with E-state index < -0.39 is 29.7 Å². The summed E-state index contributed by atoms with van der Waals surface area (Å²) in [7, 11) is 0. The highest BCUT2D eigenvalue weighted by molar-refractivity contribution is 5.92. The maximum atomic E-state index is 14.6. The minimum Gasteiger partial charge on any atom is -0.508 e. The number of terminal acetylenes is 1. The fraction of sp³-hybridized carbons (Fsp3) is 0.361. The molecule has 44 heavy (non-hydrogen) atoms. The summed E-state index contributed by atoms with van der Waals surface area (Å²) < 4.78 is 5.50. The number of carbonyl (C=O) groups excluding carboxylic acids is 3. The molecule has 0 bridgehead atoms. The number of phenols is 1. The third-order valence-electron chi connectivity index (χ3n) is 6.93. The van der Waals surface area contributed by atoms with Crippen LogP contribution < -0.4 is 10.6 Å². The van der Waals surface area contributed by atoms with Gasteiger partial charge in [0.15, 0.2) is 0 Å². The number of rotatable bonds is 13. The van der Waals surface area contributed by atoms with E-state index in [9.17, 15) is 19.5 Å². The van der Waals surface area contributed by atoms with Crippen LogP contribution in [-0.2, 0) is 27.3 Å². The van der Waals surface area contributed by atoms with Crippen LogP contribution in [0.15, 0.2) is 78.9 Å². The Balaban J connectivity index is 2.07. The summed E-state index contributed by atoms with van der Waals surface area (Å²) in [6.07, 6.45) is 7.61. The molecule has 8 nitrogen and oxygen atoms in total. The first kappa shape index (κ1) is 33.7. The van der Waals surface area contributed by atoms with Crippen LogP contribution in [0.1, 0.15) is 75.3 Å². The number of benzene rings is 3. The van der Waals surface area contributed by atoms with Crippen molar-refractivity contribution in [3.05, 3.63) is 101 Å². The molecular formula is C36H43N3O5. The third kappa shape index (κ3) is 10.2. The summed E-state index contributed by atoms with van der Waals surface area (Å²) in [5, 5.41) is 15.6. The van der Waals surface area contributed by atoms with Gasteiger partial charge in [0.1, 0.15) is 23.4 Å². The van der Waals surface area contributed by atoms with E-state index in [4.69, 9.17) is 11.2 Å². The number of ether oxygens (including phenoxy) is 1. The quantitative estimate of drug-likeness (QED) is 0.168. The molecule has 0 spiro atoms. The molecule has 0 aliphatic rings. The highest BCUT2D eigenvalue weighted by Crippen LogP contribution is 2.27. The van der Waals surface area contributed by atoms with Gasteiger partial charge in [-0.1, -0.05) is 86.3 Å². The van der Waals surface area contributed by atoms with E-state index in [1.165, 1.54) is 17.0 Å². The summed E-state index contributed by atoms with van der Waals surface area (Å²) in [6.45, 7) is 7.80. The minimum atomic E-state index is -1.07. The van der Waals surface area contributed by atoms with Gasteiger partial charge in [-0.3, -0.25) is 9.59 Å². The zero-order valence-corrected chi connectivity index (χ0v) is 26.0. The second-order valence-corrected chi connectivity index (χ2v) is 11.6. The van der Waals surface area contributed by atoms with Crippen molar-refractivity contribution in [1.29, 1.82) is 0 Å². The Kier molecular flexibility index (Phi) is 12.4. The lowest BCUT2D eigenvalue weighted by Gasteiger charge is -2.35. The molecular weight excluding hydrogens is 554 g/mol. The summed E-state index contributed by atoms with van der Waals surface area (Å²) >= 11 is 0. The number of phenolic OH excluding ortho intramolecular Hbond substituents is 1. The van der Waals surface area contributed by atoms with E-state index >= 15 is 0 Å². The molecule has 3 amide bonds. The van der Waals surface area contributed by atoms with Crippen molar-refractivity contribution in [2.24, 2.45) is 0 Å². The van der Waals surface area contributed by atoms with Crippen LogP contribution in [-0.4, -0.2) is 46.1 Å². The molecule has 0 radical (unpaired) electrons. The molecule has 8 heteroatoms. The molecule has 0 aliphatic heterocycles. The molecule has 0 heterocycles. The number of nitrogens with one attached hydrogen (secondary N) is 2. The van der Waals surface area contributed by atoms with Crippen LogP contribution >= 0.6 is 0 Å². The first-order valence-electron chi connectivity index (χ1n) is 15.0. The topological polar surface area (TPSA) is 108 Å². The Labute approximate surface area is 260 Å². The maximum Gasteiger partial charge on any atom is 0.408 e. The van der Waals surface area contributed by atoms with Crippen molar-refractivity contribution in [3.8, 4) is 18.1 Å². The van der Waals surface area contributed by atoms with Crippen molar-refractivity contribution in [3.63, 3.8) is 0 Å². The Morgan fingerprint density at radius 2 is 1.59 bits per heavy atom. The number of unbranched alkanes of at least 4 members (excludes halogenated alkanes) is 2. The number of hydrogen-bond donors (Lipinski definition) is 3. The zero-order valence-electron chi connectivity index (χ0n) is 26.0. The van der Waals surface area contributed by atoms with Crippen LogP contribution in [0.4, 0.5) is 4.79 Å². The van der Waals surface area contributed by atoms with Crippen molar-refractivity contribution in [2.75, 3.05) is 6.54 Å². The Morgan fingerprint density at radius 3 is 2.23 bits per heavy atom. The molecule has 3 rings (SSSR count). The average molecular weight is 598 g/mol. The van der Waals surface area contributed by atoms with Crippen LogP contribution in [0.2, 0.25) is 0 Å². The minimum absolute atomic E-state index is 0.0824. The first-order chi connectivity index (χ1) is 21.0. The summed E-state index contributed by atoms with van der Waals surface area (Å²) in [6, 6.07) is 20.9. The van der Waals surface area contributed by atoms with Gasteiger partial charge in [0.25, 0.3) is 0 Å². The molecule has 232 valence electrons. The number of amides is 3. The van der Waals surface area contributed by atoms with Gasteiger partial charge in [0.2, 0.25) is 11.8 Å². The van der Waals surface area contributed by atoms with Gasteiger partial charge < -0.3 is 25.4 Å². The largest absolute Gasteiger partial charge is 0.508 e. The Hall–Kier alpha value is -4.77. The van der Waals surface area contributed by atoms with Gasteiger partial charge in [0, 0.05) is 25.1 Å². The van der Waals surface area contributed by atoms with Gasteiger partial charge in [-0.25, -0.2) is 4.79 Å². The van der Waals surface area contributed by atoms with E-state index in [0.29, 0.717) is 23.1 Å². The summed E-state index contributed by atoms with van der Waals surface area (Å²) in [5.74, 6) is 1.91. The van der Waals surface area contributed by atoms with Crippen LogP contribution in [0, 0.1) is 12.3 Å². The monoisotopic (exact) mass is 597 g/mol. The Morgan fingerprint density at radius 1 is 0.932 bits per heavy atom. The molecule has 2 atom stereocenters. The van der Waals surface area contributed by atoms with Gasteiger partial charge >= 0.3 is 6.09 Å². The van der Waals surface area contributed by atoms with Crippen molar-refractivity contribution in [2.45, 2.75) is 77.6 Å². The van der Waals surface area contributed by atoms with E-state index in [1.54, 1.807) is 57.2 Å². The standard InChI is InChI=1S/C36H43N3O5/c1-6-8-14-23-39(34(42)31(38-35(43)44-36(3,4)5)24-26-19-21-29(40)22-20-26)32(30-18-13-12-17-28(30)7-2)33(41)37-25-27-15-10-9-11-16-27/h2,9-13,15-22,31-32,40H,6,8,14,23-25H2,1,3-5H3,(H,37,41)(H,38,43). The maximum absolute atomic E-state index is 14.6. The molecule has 3 N–H and O–H groups in total. The summed E-state index contributed by atoms with van der Waals surface area (Å²) in [4.78, 5) is 43.2. The van der Waals surface area contributed by atoms with Crippen molar-refractivity contribution >= 4 is 17.9 Å². The van der Waals surface area contributed by atoms with Crippen LogP contribution in [0.25, 0.3) is 0 Å². The van der Waals surface area contributed by atoms with E-state index in [2.05, 4.69) is 23.5 Å². The van der Waals surface area contributed by atoms with Crippen LogP contribution in [0.5, 0.6) is 5.75 Å². The van der Waals surface area contributed by atoms with Gasteiger partial charge in [-0.15, -0.1) is 6.42 Å². The first-order valence-corrected chi connectivity index (χ1v) is 15.0. The molecule has 0 fully saturated rings. The molecule has 0 saturated heterocycles. The number of hydrogen-bond acceptors (Lipinski definition) is 5. The smallest absolute Gasteiger partial charge is 0.408 e. The lowest BCUT2D eigenvalue weighted by molar-refractivity contribution is -0.142. The lowest BCUT2D eigenvalue weighted by atomic mass is 9.96. The lowest BCUT2D eigenvalue weighted by Crippen LogP contribution is -2.54. The highest BCUT2D eigenvalue weighted by atomic mass is 16.6. The predicted octanol–water partition coefficient (Wildman–Crippen LogP) is 5.89. The molecule has 0 aliphatic carbocycles. The molecule has 3 aromatic rings. The van der Waals surface area contributed by atoms with Crippen molar-refractivity contribution < 1.29 is 24.2 Å². The second-order valence-electron chi connectivity index (χ2n) is 11.6. The molecule has 0 aromatic heterocycles. The summed E-state index contributed by atoms with van der Waals surface area (Å²) in [5.41, 5.74) is 1.84. The van der Waals surface area contributed by atoms with E-state index in [0.717, 1.165) is 18.4 Å². The number of alkyl carbamates (subject to hydrolysis) is 1.